The molecule has 0 bridgehead atoms. The number of morpholine rings is 1. The molecule has 10 heteroatoms. The maximum atomic E-state index is 15.4. The predicted octanol–water partition coefficient (Wildman–Crippen LogP) is 3.00. The number of carbonyl (C=O) groups excluding carboxylic acids is 2. The number of hydrogen-bond acceptors (Lipinski definition) is 6. The average Bonchev–Trinajstić information content (AvgIpc) is 3.19. The van der Waals surface area contributed by atoms with Gasteiger partial charge >= 0.3 is 5.92 Å². The number of nitrogens with one attached hydrogen (secondary N) is 1. The van der Waals surface area contributed by atoms with Crippen molar-refractivity contribution in [2.75, 3.05) is 57.4 Å². The fourth-order valence-corrected chi connectivity index (χ4v) is 5.60. The zero-order valence-corrected chi connectivity index (χ0v) is 22.1. The van der Waals surface area contributed by atoms with E-state index in [0.29, 0.717) is 51.6 Å². The lowest BCUT2D eigenvalue weighted by molar-refractivity contribution is -0.142. The summed E-state index contributed by atoms with van der Waals surface area (Å²) in [5.41, 5.74) is 0.224. The lowest BCUT2D eigenvalue weighted by Gasteiger charge is -2.41. The van der Waals surface area contributed by atoms with Crippen molar-refractivity contribution < 1.29 is 23.1 Å². The number of piperazine rings is 1. The number of benzene rings is 1. The van der Waals surface area contributed by atoms with Crippen molar-refractivity contribution in [3.8, 4) is 0 Å². The summed E-state index contributed by atoms with van der Waals surface area (Å²) in [4.78, 5) is 36.5. The van der Waals surface area contributed by atoms with Gasteiger partial charge in [-0.25, -0.2) is 0 Å². The van der Waals surface area contributed by atoms with Crippen molar-refractivity contribution in [2.24, 2.45) is 0 Å². The van der Waals surface area contributed by atoms with Crippen molar-refractivity contribution in [3.63, 3.8) is 0 Å². The largest absolute Gasteiger partial charge is 0.378 e. The Balaban J connectivity index is 0.00000353. The van der Waals surface area contributed by atoms with Gasteiger partial charge in [0.05, 0.1) is 25.4 Å². The minimum absolute atomic E-state index is 0. The van der Waals surface area contributed by atoms with E-state index in [1.54, 1.807) is 28.0 Å². The maximum Gasteiger partial charge on any atom is 0.314 e. The molecule has 212 valence electrons. The van der Waals surface area contributed by atoms with Crippen LogP contribution in [0.2, 0.25) is 0 Å². The molecular formula is C29H39F2N5O3. The van der Waals surface area contributed by atoms with Gasteiger partial charge in [0.1, 0.15) is 11.7 Å². The molecule has 2 fully saturated rings. The Morgan fingerprint density at radius 2 is 1.87 bits per heavy atom. The first-order chi connectivity index (χ1) is 18.1. The minimum Gasteiger partial charge on any atom is -0.378 e. The van der Waals surface area contributed by atoms with Crippen molar-refractivity contribution in [1.29, 1.82) is 0 Å². The molecule has 2 amide bonds. The van der Waals surface area contributed by atoms with Crippen molar-refractivity contribution >= 4 is 17.5 Å². The number of ether oxygens (including phenoxy) is 1. The highest BCUT2D eigenvalue weighted by molar-refractivity contribution is 5.98. The number of rotatable bonds is 5. The molecule has 0 aliphatic carbocycles. The molecule has 0 unspecified atom stereocenters. The van der Waals surface area contributed by atoms with Crippen LogP contribution >= 0.6 is 0 Å². The molecule has 39 heavy (non-hydrogen) atoms. The van der Waals surface area contributed by atoms with E-state index in [0.717, 1.165) is 5.56 Å². The van der Waals surface area contributed by atoms with E-state index < -0.39 is 23.1 Å². The summed E-state index contributed by atoms with van der Waals surface area (Å²) < 4.78 is 36.1. The highest BCUT2D eigenvalue weighted by Gasteiger charge is 2.43. The molecule has 0 saturated carbocycles. The van der Waals surface area contributed by atoms with Crippen LogP contribution in [-0.2, 0) is 25.7 Å². The van der Waals surface area contributed by atoms with Crippen LogP contribution in [0, 0.1) is 0 Å². The van der Waals surface area contributed by atoms with Crippen LogP contribution < -0.4 is 10.2 Å². The van der Waals surface area contributed by atoms with Crippen LogP contribution in [0.1, 0.15) is 45.0 Å². The second-order valence-corrected chi connectivity index (χ2v) is 11.1. The fourth-order valence-electron chi connectivity index (χ4n) is 5.60. The van der Waals surface area contributed by atoms with Gasteiger partial charge in [-0.05, 0) is 13.0 Å². The smallest absolute Gasteiger partial charge is 0.314 e. The predicted molar refractivity (Wildman–Crippen MR) is 146 cm³/mol. The molecule has 1 N–H and O–H groups in total. The van der Waals surface area contributed by atoms with Crippen LogP contribution in [0.25, 0.3) is 0 Å². The summed E-state index contributed by atoms with van der Waals surface area (Å²) in [5, 5.41) is 3.36. The Kier molecular flexibility index (Phi) is 8.39. The summed E-state index contributed by atoms with van der Waals surface area (Å²) >= 11 is 0. The van der Waals surface area contributed by atoms with Crippen molar-refractivity contribution in [1.82, 2.24) is 20.1 Å². The molecule has 0 spiro atoms. The molecule has 2 aromatic rings. The summed E-state index contributed by atoms with van der Waals surface area (Å²) in [6, 6.07) is 8.56. The molecule has 0 radical (unpaired) electrons. The third-order valence-corrected chi connectivity index (χ3v) is 7.77. The number of hydrogen-bond donors (Lipinski definition) is 1. The average molecular weight is 544 g/mol. The number of anilines is 1. The number of fused-ring (bicyclic) bond motifs is 1. The first kappa shape index (κ1) is 29.0. The molecule has 2 saturated heterocycles. The Labute approximate surface area is 229 Å². The molecule has 4 heterocycles. The highest BCUT2D eigenvalue weighted by Crippen LogP contribution is 2.43. The van der Waals surface area contributed by atoms with Gasteiger partial charge in [-0.15, -0.1) is 0 Å². The van der Waals surface area contributed by atoms with Gasteiger partial charge in [-0.3, -0.25) is 19.5 Å². The van der Waals surface area contributed by atoms with Gasteiger partial charge in [0.2, 0.25) is 11.8 Å². The first-order valence-corrected chi connectivity index (χ1v) is 13.2. The molecule has 1 aromatic heterocycles. The normalized spacial score (nSPS) is 23.2. The minimum atomic E-state index is -3.30. The van der Waals surface area contributed by atoms with E-state index in [4.69, 9.17) is 4.74 Å². The third-order valence-electron chi connectivity index (χ3n) is 7.77. The van der Waals surface area contributed by atoms with Gasteiger partial charge < -0.3 is 19.9 Å². The van der Waals surface area contributed by atoms with Gasteiger partial charge in [0.15, 0.2) is 0 Å². The van der Waals surface area contributed by atoms with Gasteiger partial charge in [0, 0.05) is 61.5 Å². The van der Waals surface area contributed by atoms with Crippen LogP contribution in [0.15, 0.2) is 42.6 Å². The third kappa shape index (κ3) is 5.69. The van der Waals surface area contributed by atoms with E-state index in [1.165, 1.54) is 24.4 Å². The van der Waals surface area contributed by atoms with Gasteiger partial charge in [-0.2, -0.15) is 8.78 Å². The van der Waals surface area contributed by atoms with Crippen molar-refractivity contribution in [2.45, 2.75) is 51.6 Å². The van der Waals surface area contributed by atoms with Crippen molar-refractivity contribution in [3.05, 3.63) is 59.4 Å². The molecule has 1 aromatic carbocycles. The number of aromatic nitrogens is 1. The number of halogens is 2. The standard InChI is InChI=1S/C28H35F2N5O3.CH4/c1-19-16-34(23(15-31-19)26(37)33-9-11-38-12-10-33)17-25(36)35-18-27(2,3)21-14-32-24(13-22(21)35)28(29,30)20-7-5-4-6-8-20;/h4-8,13-14,19,23,31H,9-12,15-18H2,1-3H3;1H4/t19-,23-;/m1./s1. The number of amides is 2. The summed E-state index contributed by atoms with van der Waals surface area (Å²) in [7, 11) is 0. The molecule has 2 atom stereocenters. The van der Waals surface area contributed by atoms with E-state index in [1.807, 2.05) is 25.7 Å². The topological polar surface area (TPSA) is 78.0 Å². The van der Waals surface area contributed by atoms with Crippen LogP contribution in [0.5, 0.6) is 0 Å². The monoisotopic (exact) mass is 543 g/mol. The highest BCUT2D eigenvalue weighted by atomic mass is 19.3. The zero-order valence-electron chi connectivity index (χ0n) is 22.1. The van der Waals surface area contributed by atoms with Gasteiger partial charge in [-0.1, -0.05) is 51.6 Å². The summed E-state index contributed by atoms with van der Waals surface area (Å²) in [5.74, 6) is -3.54. The molecule has 8 nitrogen and oxygen atoms in total. The maximum absolute atomic E-state index is 15.4. The SMILES string of the molecule is C.C[C@@H]1CN(CC(=O)N2CC(C)(C)c3cnc(C(F)(F)c4ccccc4)cc32)[C@@H](C(=O)N2CCOCC2)CN1. The second kappa shape index (κ2) is 11.3. The van der Waals surface area contributed by atoms with E-state index >= 15 is 8.78 Å². The lowest BCUT2D eigenvalue weighted by Crippen LogP contribution is -2.63. The van der Waals surface area contributed by atoms with Gasteiger partial charge in [0.25, 0.3) is 0 Å². The second-order valence-electron chi connectivity index (χ2n) is 11.1. The van der Waals surface area contributed by atoms with Crippen LogP contribution in [0.3, 0.4) is 0 Å². The molecular weight excluding hydrogens is 504 g/mol. The Morgan fingerprint density at radius 3 is 2.56 bits per heavy atom. The summed E-state index contributed by atoms with van der Waals surface area (Å²) in [6.07, 6.45) is 1.48. The fraction of sp³-hybridized carbons (Fsp3) is 0.552. The number of nitrogens with zero attached hydrogens (tertiary/aromatic N) is 4. The van der Waals surface area contributed by atoms with Crippen LogP contribution in [-0.4, -0.2) is 91.2 Å². The number of carbonyl (C=O) groups is 2. The first-order valence-electron chi connectivity index (χ1n) is 13.2. The Bertz CT molecular complexity index is 1190. The zero-order chi connectivity index (χ0) is 27.1. The van der Waals surface area contributed by atoms with Crippen LogP contribution in [0.4, 0.5) is 14.5 Å². The van der Waals surface area contributed by atoms with E-state index in [9.17, 15) is 9.59 Å². The number of pyridine rings is 1. The Hall–Kier alpha value is -2.95. The molecule has 3 aliphatic rings. The summed E-state index contributed by atoms with van der Waals surface area (Å²) in [6.45, 7) is 9.41. The quantitative estimate of drug-likeness (QED) is 0.625. The molecule has 3 aliphatic heterocycles. The number of alkyl halides is 2. The van der Waals surface area contributed by atoms with E-state index in [-0.39, 0.29) is 37.4 Å². The molecule has 5 rings (SSSR count). The van der Waals surface area contributed by atoms with E-state index in [2.05, 4.69) is 10.3 Å². The Morgan fingerprint density at radius 1 is 1.18 bits per heavy atom. The lowest BCUT2D eigenvalue weighted by atomic mass is 9.88.